The van der Waals surface area contributed by atoms with Crippen LogP contribution in [0, 0.1) is 10.1 Å². The number of hydrogen-bond donors (Lipinski definition) is 4. The van der Waals surface area contributed by atoms with Crippen molar-refractivity contribution in [1.82, 2.24) is 19.5 Å². The largest absolute Gasteiger partial charge is 0.387 e. The normalized spacial score (nSPS) is 24.7. The van der Waals surface area contributed by atoms with Gasteiger partial charge in [0.25, 0.3) is 5.69 Å². The van der Waals surface area contributed by atoms with Gasteiger partial charge in [-0.2, -0.15) is 12.6 Å². The van der Waals surface area contributed by atoms with Crippen LogP contribution >= 0.6 is 12.6 Å². The maximum atomic E-state index is 10.8. The van der Waals surface area contributed by atoms with Gasteiger partial charge in [-0.3, -0.25) is 14.7 Å². The molecular weight excluding hydrogens is 388 g/mol. The average Bonchev–Trinajstić information content (AvgIpc) is 3.23. The van der Waals surface area contributed by atoms with Crippen molar-refractivity contribution in [2.24, 2.45) is 0 Å². The quantitative estimate of drug-likeness (QED) is 0.276. The second-order valence-corrected chi connectivity index (χ2v) is 6.65. The molecule has 4 rings (SSSR count). The highest BCUT2D eigenvalue weighted by atomic mass is 32.1. The third kappa shape index (κ3) is 2.96. The molecule has 3 heterocycles. The second kappa shape index (κ2) is 6.98. The molecule has 1 fully saturated rings. The number of benzene rings is 1. The Morgan fingerprint density at radius 1 is 1.25 bits per heavy atom. The van der Waals surface area contributed by atoms with Crippen molar-refractivity contribution in [3.05, 3.63) is 40.7 Å². The van der Waals surface area contributed by atoms with Crippen LogP contribution in [0.4, 0.5) is 11.5 Å². The Morgan fingerprint density at radius 3 is 2.57 bits per heavy atom. The number of nitrogen functional groups attached to an aromatic ring is 1. The molecule has 1 aromatic carbocycles. The van der Waals surface area contributed by atoms with E-state index in [1.807, 2.05) is 0 Å². The first kappa shape index (κ1) is 18.6. The first-order valence-electron chi connectivity index (χ1n) is 8.28. The first-order chi connectivity index (χ1) is 13.4. The zero-order valence-electron chi connectivity index (χ0n) is 14.3. The lowest BCUT2D eigenvalue weighted by Gasteiger charge is -2.16. The summed E-state index contributed by atoms with van der Waals surface area (Å²) in [5, 5.41) is 31.2. The van der Waals surface area contributed by atoms with Crippen LogP contribution in [0.2, 0.25) is 0 Å². The third-order valence-electron chi connectivity index (χ3n) is 4.58. The summed E-state index contributed by atoms with van der Waals surface area (Å²) in [6.45, 7) is 0. The highest BCUT2D eigenvalue weighted by molar-refractivity contribution is 7.80. The molecule has 0 spiro atoms. The molecule has 0 aliphatic carbocycles. The van der Waals surface area contributed by atoms with Gasteiger partial charge in [0.1, 0.15) is 17.7 Å². The first-order valence-corrected chi connectivity index (χ1v) is 8.91. The molecule has 28 heavy (non-hydrogen) atoms. The lowest BCUT2D eigenvalue weighted by atomic mass is 10.1. The molecule has 0 bridgehead atoms. The van der Waals surface area contributed by atoms with E-state index in [0.717, 1.165) is 0 Å². The van der Waals surface area contributed by atoms with E-state index < -0.39 is 29.5 Å². The summed E-state index contributed by atoms with van der Waals surface area (Å²) in [6, 6.07) is 5.71. The minimum Gasteiger partial charge on any atom is -0.387 e. The number of thiol groups is 1. The molecule has 1 aliphatic heterocycles. The number of nitrogens with two attached hydrogens (primary N) is 1. The highest BCUT2D eigenvalue weighted by Crippen LogP contribution is 2.33. The van der Waals surface area contributed by atoms with Crippen molar-refractivity contribution in [2.45, 2.75) is 24.5 Å². The molecule has 4 N–H and O–H groups in total. The van der Waals surface area contributed by atoms with Crippen molar-refractivity contribution in [2.75, 3.05) is 11.5 Å². The van der Waals surface area contributed by atoms with Gasteiger partial charge in [-0.15, -0.1) is 0 Å². The van der Waals surface area contributed by atoms with Crippen LogP contribution in [0.1, 0.15) is 6.23 Å². The third-order valence-corrected chi connectivity index (χ3v) is 4.94. The Kier molecular flexibility index (Phi) is 4.63. The number of ether oxygens (including phenoxy) is 1. The number of hydrogen-bond acceptors (Lipinski definition) is 10. The zero-order chi connectivity index (χ0) is 20.0. The lowest BCUT2D eigenvalue weighted by molar-refractivity contribution is -0.384. The monoisotopic (exact) mass is 404 g/mol. The van der Waals surface area contributed by atoms with Gasteiger partial charge < -0.3 is 20.7 Å². The summed E-state index contributed by atoms with van der Waals surface area (Å²) in [6.07, 6.45) is -2.47. The number of rotatable bonds is 4. The van der Waals surface area contributed by atoms with Crippen LogP contribution in [0.15, 0.2) is 30.6 Å². The van der Waals surface area contributed by atoms with Gasteiger partial charge in [0.05, 0.1) is 17.4 Å². The molecule has 0 radical (unpaired) electrons. The van der Waals surface area contributed by atoms with Crippen LogP contribution in [-0.2, 0) is 4.74 Å². The maximum absolute atomic E-state index is 10.8. The number of aliphatic hydroxyl groups excluding tert-OH is 2. The predicted molar refractivity (Wildman–Crippen MR) is 102 cm³/mol. The SMILES string of the molecule is Nc1nc(-c2ccc([N+](=O)[O-])cc2)nc2c1ncn2[C@@H]1O[C@H](CS)[C@@H](O)[C@H]1O. The van der Waals surface area contributed by atoms with E-state index in [2.05, 4.69) is 27.6 Å². The minimum atomic E-state index is -1.20. The Morgan fingerprint density at radius 2 is 1.96 bits per heavy atom. The Hall–Kier alpha value is -2.80. The van der Waals surface area contributed by atoms with Gasteiger partial charge in [-0.05, 0) is 12.1 Å². The van der Waals surface area contributed by atoms with Crippen molar-refractivity contribution < 1.29 is 19.9 Å². The topological polar surface area (TPSA) is 162 Å². The fourth-order valence-electron chi connectivity index (χ4n) is 3.10. The summed E-state index contributed by atoms with van der Waals surface area (Å²) in [4.78, 5) is 23.1. The van der Waals surface area contributed by atoms with Gasteiger partial charge in [0.15, 0.2) is 23.5 Å². The number of nitro benzene ring substituents is 1. The summed E-state index contributed by atoms with van der Waals surface area (Å²) in [7, 11) is 0. The van der Waals surface area contributed by atoms with E-state index in [4.69, 9.17) is 10.5 Å². The number of non-ortho nitro benzene ring substituents is 1. The molecule has 0 saturated carbocycles. The molecule has 12 heteroatoms. The number of nitro groups is 1. The molecule has 4 atom stereocenters. The Labute approximate surface area is 163 Å². The number of aliphatic hydroxyl groups is 2. The average molecular weight is 404 g/mol. The van der Waals surface area contributed by atoms with Gasteiger partial charge in [-0.1, -0.05) is 0 Å². The van der Waals surface area contributed by atoms with E-state index in [1.54, 1.807) is 0 Å². The van der Waals surface area contributed by atoms with Crippen molar-refractivity contribution in [1.29, 1.82) is 0 Å². The van der Waals surface area contributed by atoms with Crippen molar-refractivity contribution in [3.8, 4) is 11.4 Å². The van der Waals surface area contributed by atoms with E-state index in [1.165, 1.54) is 35.2 Å². The predicted octanol–water partition coefficient (Wildman–Crippen LogP) is 0.533. The Bertz CT molecular complexity index is 1040. The number of anilines is 1. The van der Waals surface area contributed by atoms with Crippen LogP contribution in [0.5, 0.6) is 0 Å². The second-order valence-electron chi connectivity index (χ2n) is 6.29. The molecular formula is C16H16N6O5S. The van der Waals surface area contributed by atoms with E-state index in [-0.39, 0.29) is 23.1 Å². The van der Waals surface area contributed by atoms with Crippen LogP contribution < -0.4 is 5.73 Å². The Balaban J connectivity index is 1.78. The molecule has 0 unspecified atom stereocenters. The maximum Gasteiger partial charge on any atom is 0.269 e. The summed E-state index contributed by atoms with van der Waals surface area (Å²) < 4.78 is 7.16. The zero-order valence-corrected chi connectivity index (χ0v) is 15.2. The molecule has 2 aromatic heterocycles. The number of imidazole rings is 1. The van der Waals surface area contributed by atoms with E-state index >= 15 is 0 Å². The molecule has 0 amide bonds. The summed E-state index contributed by atoms with van der Waals surface area (Å²) in [5.74, 6) is 0.573. The summed E-state index contributed by atoms with van der Waals surface area (Å²) >= 11 is 4.12. The van der Waals surface area contributed by atoms with Crippen molar-refractivity contribution >= 4 is 35.3 Å². The van der Waals surface area contributed by atoms with Crippen molar-refractivity contribution in [3.63, 3.8) is 0 Å². The number of nitrogens with zero attached hydrogens (tertiary/aromatic N) is 5. The number of fused-ring (bicyclic) bond motifs is 1. The molecule has 1 aliphatic rings. The van der Waals surface area contributed by atoms with Crippen LogP contribution in [-0.4, -0.2) is 58.7 Å². The molecule has 146 valence electrons. The van der Waals surface area contributed by atoms with E-state index in [0.29, 0.717) is 16.7 Å². The van der Waals surface area contributed by atoms with Crippen LogP contribution in [0.3, 0.4) is 0 Å². The van der Waals surface area contributed by atoms with E-state index in [9.17, 15) is 20.3 Å². The fourth-order valence-corrected chi connectivity index (χ4v) is 3.40. The smallest absolute Gasteiger partial charge is 0.269 e. The van der Waals surface area contributed by atoms with Gasteiger partial charge in [-0.25, -0.2) is 15.0 Å². The molecule has 11 nitrogen and oxygen atoms in total. The van der Waals surface area contributed by atoms with Crippen LogP contribution in [0.25, 0.3) is 22.6 Å². The molecule has 3 aromatic rings. The van der Waals surface area contributed by atoms with Gasteiger partial charge >= 0.3 is 0 Å². The summed E-state index contributed by atoms with van der Waals surface area (Å²) in [5.41, 5.74) is 7.08. The fraction of sp³-hybridized carbons (Fsp3) is 0.312. The lowest BCUT2D eigenvalue weighted by Crippen LogP contribution is -2.32. The minimum absolute atomic E-state index is 0.0582. The molecule has 1 saturated heterocycles. The number of aromatic nitrogens is 4. The van der Waals surface area contributed by atoms with Gasteiger partial charge in [0.2, 0.25) is 0 Å². The van der Waals surface area contributed by atoms with Gasteiger partial charge in [0, 0.05) is 23.4 Å². The highest BCUT2D eigenvalue weighted by Gasteiger charge is 2.43. The standard InChI is InChI=1S/C16H16N6O5S/c17-13-10-15(20-14(19-13)7-1-3-8(4-2-7)22(25)26)21(6-18-10)16-12(24)11(23)9(5-28)27-16/h1-4,6,9,11-12,16,23-24,28H,5H2,(H2,17,19,20)/t9-,11-,12-,16-/m1/s1.